The zero-order chi connectivity index (χ0) is 10.8. The third-order valence-electron chi connectivity index (χ3n) is 4.02. The van der Waals surface area contributed by atoms with Gasteiger partial charge < -0.3 is 5.32 Å². The van der Waals surface area contributed by atoms with Gasteiger partial charge in [0, 0.05) is 18.2 Å². The quantitative estimate of drug-likeness (QED) is 0.710. The maximum Gasteiger partial charge on any atom is 0.0700 e. The van der Waals surface area contributed by atoms with Crippen molar-refractivity contribution in [2.45, 2.75) is 50.9 Å². The van der Waals surface area contributed by atoms with E-state index in [4.69, 9.17) is 0 Å². The molecular weight excluding hydrogens is 198 g/mol. The average Bonchev–Trinajstić information content (AvgIpc) is 2.60. The second kappa shape index (κ2) is 4.58. The number of H-pyrrole nitrogens is 1. The minimum absolute atomic E-state index is 0.659. The van der Waals surface area contributed by atoms with Gasteiger partial charge in [0.15, 0.2) is 0 Å². The number of piperidine rings is 1. The fourth-order valence-electron chi connectivity index (χ4n) is 3.11. The van der Waals surface area contributed by atoms with Crippen LogP contribution in [-0.4, -0.2) is 23.3 Å². The highest BCUT2D eigenvalue weighted by molar-refractivity contribution is 5.30. The van der Waals surface area contributed by atoms with Gasteiger partial charge >= 0.3 is 0 Å². The molecule has 3 nitrogen and oxygen atoms in total. The number of aryl methyl sites for hydroxylation is 1. The first-order valence-electron chi connectivity index (χ1n) is 6.72. The highest BCUT2D eigenvalue weighted by Crippen LogP contribution is 2.29. The molecule has 1 atom stereocenters. The highest BCUT2D eigenvalue weighted by Gasteiger charge is 2.23. The summed E-state index contributed by atoms with van der Waals surface area (Å²) in [6, 6.07) is 0. The van der Waals surface area contributed by atoms with Crippen LogP contribution < -0.4 is 5.32 Å². The van der Waals surface area contributed by atoms with Gasteiger partial charge in [0.05, 0.1) is 5.69 Å². The Morgan fingerprint density at radius 2 is 2.00 bits per heavy atom. The van der Waals surface area contributed by atoms with E-state index in [0.717, 1.165) is 6.54 Å². The van der Waals surface area contributed by atoms with Crippen LogP contribution in [0.25, 0.3) is 0 Å². The van der Waals surface area contributed by atoms with Crippen molar-refractivity contribution >= 4 is 0 Å². The van der Waals surface area contributed by atoms with E-state index in [1.807, 2.05) is 0 Å². The molecule has 88 valence electrons. The molecule has 2 heterocycles. The smallest absolute Gasteiger partial charge is 0.0700 e. The minimum atomic E-state index is 0.659. The molecule has 0 bridgehead atoms. The molecule has 3 heteroatoms. The fraction of sp³-hybridized carbons (Fsp3) is 0.769. The van der Waals surface area contributed by atoms with Crippen molar-refractivity contribution in [3.05, 3.63) is 17.0 Å². The summed E-state index contributed by atoms with van der Waals surface area (Å²) in [7, 11) is 0. The number of aromatic amines is 1. The first kappa shape index (κ1) is 10.3. The monoisotopic (exact) mass is 219 g/mol. The lowest BCUT2D eigenvalue weighted by atomic mass is 9.91. The van der Waals surface area contributed by atoms with Crippen LogP contribution in [0.2, 0.25) is 0 Å². The van der Waals surface area contributed by atoms with E-state index >= 15 is 0 Å². The Labute approximate surface area is 97.0 Å². The van der Waals surface area contributed by atoms with Gasteiger partial charge in [0.25, 0.3) is 0 Å². The van der Waals surface area contributed by atoms with Crippen molar-refractivity contribution in [1.29, 1.82) is 0 Å². The molecule has 3 rings (SSSR count). The number of hydrogen-bond acceptors (Lipinski definition) is 2. The summed E-state index contributed by atoms with van der Waals surface area (Å²) in [5.41, 5.74) is 4.37. The fourth-order valence-corrected chi connectivity index (χ4v) is 3.11. The molecule has 1 aromatic heterocycles. The van der Waals surface area contributed by atoms with Crippen LogP contribution >= 0.6 is 0 Å². The summed E-state index contributed by atoms with van der Waals surface area (Å²) in [6.07, 6.45) is 9.12. The van der Waals surface area contributed by atoms with Crippen molar-refractivity contribution in [2.24, 2.45) is 0 Å². The van der Waals surface area contributed by atoms with Crippen LogP contribution in [0.3, 0.4) is 0 Å². The number of nitrogens with zero attached hydrogens (tertiary/aromatic N) is 1. The molecule has 0 aromatic carbocycles. The van der Waals surface area contributed by atoms with Crippen molar-refractivity contribution in [3.63, 3.8) is 0 Å². The van der Waals surface area contributed by atoms with E-state index < -0.39 is 0 Å². The number of rotatable bonds is 1. The SMILES string of the molecule is C1CCc2[nH]nc(C3CCCNC3)c2CC1. The summed E-state index contributed by atoms with van der Waals surface area (Å²) in [5.74, 6) is 0.659. The Kier molecular flexibility index (Phi) is 2.96. The largest absolute Gasteiger partial charge is 0.316 e. The van der Waals surface area contributed by atoms with E-state index in [-0.39, 0.29) is 0 Å². The Morgan fingerprint density at radius 1 is 1.06 bits per heavy atom. The molecule has 2 aliphatic rings. The van der Waals surface area contributed by atoms with Crippen LogP contribution in [0.5, 0.6) is 0 Å². The lowest BCUT2D eigenvalue weighted by molar-refractivity contribution is 0.452. The molecule has 16 heavy (non-hydrogen) atoms. The van der Waals surface area contributed by atoms with Crippen LogP contribution in [0.1, 0.15) is 55.0 Å². The van der Waals surface area contributed by atoms with Crippen LogP contribution in [0.15, 0.2) is 0 Å². The topological polar surface area (TPSA) is 40.7 Å². The first-order chi connectivity index (χ1) is 7.95. The molecule has 1 aliphatic carbocycles. The van der Waals surface area contributed by atoms with Crippen molar-refractivity contribution in [1.82, 2.24) is 15.5 Å². The third-order valence-corrected chi connectivity index (χ3v) is 4.02. The Bertz CT molecular complexity index is 350. The maximum atomic E-state index is 4.60. The molecule has 1 aromatic rings. The number of hydrogen-bond donors (Lipinski definition) is 2. The second-order valence-electron chi connectivity index (χ2n) is 5.17. The Morgan fingerprint density at radius 3 is 2.88 bits per heavy atom. The lowest BCUT2D eigenvalue weighted by Gasteiger charge is -2.22. The summed E-state index contributed by atoms with van der Waals surface area (Å²) >= 11 is 0. The minimum Gasteiger partial charge on any atom is -0.316 e. The van der Waals surface area contributed by atoms with E-state index in [2.05, 4.69) is 15.5 Å². The highest BCUT2D eigenvalue weighted by atomic mass is 15.1. The van der Waals surface area contributed by atoms with E-state index in [1.54, 1.807) is 5.56 Å². The summed E-state index contributed by atoms with van der Waals surface area (Å²) in [5, 5.41) is 11.4. The standard InChI is InChI=1S/C13H21N3/c1-2-6-11-12(7-3-1)15-16-13(11)10-5-4-8-14-9-10/h10,14H,1-9H2,(H,15,16). The maximum absolute atomic E-state index is 4.60. The third kappa shape index (κ3) is 1.88. The Hall–Kier alpha value is -0.830. The predicted molar refractivity (Wildman–Crippen MR) is 64.7 cm³/mol. The molecule has 1 fully saturated rings. The first-order valence-corrected chi connectivity index (χ1v) is 6.72. The molecule has 1 saturated heterocycles. The van der Waals surface area contributed by atoms with Crippen LogP contribution in [0.4, 0.5) is 0 Å². The zero-order valence-corrected chi connectivity index (χ0v) is 9.89. The van der Waals surface area contributed by atoms with Crippen LogP contribution in [0, 0.1) is 0 Å². The second-order valence-corrected chi connectivity index (χ2v) is 5.17. The van der Waals surface area contributed by atoms with Crippen LogP contribution in [-0.2, 0) is 12.8 Å². The van der Waals surface area contributed by atoms with Gasteiger partial charge in [0.2, 0.25) is 0 Å². The molecule has 0 saturated carbocycles. The van der Waals surface area contributed by atoms with Crippen molar-refractivity contribution < 1.29 is 0 Å². The van der Waals surface area contributed by atoms with Gasteiger partial charge in [-0.1, -0.05) is 6.42 Å². The van der Waals surface area contributed by atoms with Gasteiger partial charge in [-0.2, -0.15) is 5.10 Å². The zero-order valence-electron chi connectivity index (χ0n) is 9.89. The van der Waals surface area contributed by atoms with Gasteiger partial charge in [0.1, 0.15) is 0 Å². The number of fused-ring (bicyclic) bond motifs is 1. The predicted octanol–water partition coefficient (Wildman–Crippen LogP) is 2.15. The van der Waals surface area contributed by atoms with Gasteiger partial charge in [-0.25, -0.2) is 0 Å². The Balaban J connectivity index is 1.86. The summed E-state index contributed by atoms with van der Waals surface area (Å²) in [6.45, 7) is 2.31. The molecule has 2 N–H and O–H groups in total. The molecule has 1 aliphatic heterocycles. The number of aromatic nitrogens is 2. The van der Waals surface area contributed by atoms with Crippen molar-refractivity contribution in [3.8, 4) is 0 Å². The molecular formula is C13H21N3. The van der Waals surface area contributed by atoms with Gasteiger partial charge in [-0.3, -0.25) is 5.10 Å². The molecule has 0 amide bonds. The summed E-state index contributed by atoms with van der Waals surface area (Å²) < 4.78 is 0. The normalized spacial score (nSPS) is 26.1. The molecule has 1 unspecified atom stereocenters. The van der Waals surface area contributed by atoms with E-state index in [9.17, 15) is 0 Å². The van der Waals surface area contributed by atoms with E-state index in [1.165, 1.54) is 62.9 Å². The lowest BCUT2D eigenvalue weighted by Crippen LogP contribution is -2.29. The van der Waals surface area contributed by atoms with Gasteiger partial charge in [-0.15, -0.1) is 0 Å². The molecule has 0 radical (unpaired) electrons. The van der Waals surface area contributed by atoms with Crippen molar-refractivity contribution in [2.75, 3.05) is 13.1 Å². The summed E-state index contributed by atoms with van der Waals surface area (Å²) in [4.78, 5) is 0. The number of nitrogens with one attached hydrogen (secondary N) is 2. The molecule has 0 spiro atoms. The average molecular weight is 219 g/mol. The van der Waals surface area contributed by atoms with E-state index in [0.29, 0.717) is 5.92 Å². The van der Waals surface area contributed by atoms with Gasteiger partial charge in [-0.05, 0) is 50.6 Å².